The van der Waals surface area contributed by atoms with Crippen LogP contribution in [0.2, 0.25) is 0 Å². The lowest BCUT2D eigenvalue weighted by Crippen LogP contribution is -2.38. The zero-order chi connectivity index (χ0) is 18.9. The maximum Gasteiger partial charge on any atom is 0.273 e. The van der Waals surface area contributed by atoms with E-state index in [2.05, 4.69) is 11.1 Å². The maximum atomic E-state index is 13.3. The summed E-state index contributed by atoms with van der Waals surface area (Å²) in [6, 6.07) is 18.2. The molecule has 1 fully saturated rings. The van der Waals surface area contributed by atoms with E-state index in [1.807, 2.05) is 58.8 Å². The molecular formula is C22H19N3OS2. The van der Waals surface area contributed by atoms with Gasteiger partial charge in [0.15, 0.2) is 0 Å². The number of hydrogen-bond donors (Lipinski definition) is 0. The molecule has 2 aromatic carbocycles. The molecule has 3 heterocycles. The lowest BCUT2D eigenvalue weighted by atomic mass is 10.0. The number of amides is 1. The van der Waals surface area contributed by atoms with E-state index in [9.17, 15) is 4.79 Å². The smallest absolute Gasteiger partial charge is 0.273 e. The Balaban J connectivity index is 1.45. The van der Waals surface area contributed by atoms with Gasteiger partial charge in [-0.25, -0.2) is 9.97 Å². The highest BCUT2D eigenvalue weighted by Gasteiger charge is 2.32. The minimum atomic E-state index is 0.0161. The minimum Gasteiger partial charge on any atom is -0.328 e. The number of aromatic nitrogens is 2. The van der Waals surface area contributed by atoms with Crippen LogP contribution in [0.4, 0.5) is 0 Å². The molecule has 140 valence electrons. The molecule has 1 saturated heterocycles. The average molecular weight is 406 g/mol. The molecule has 28 heavy (non-hydrogen) atoms. The quantitative estimate of drug-likeness (QED) is 0.433. The van der Waals surface area contributed by atoms with Gasteiger partial charge in [-0.3, -0.25) is 4.79 Å². The van der Waals surface area contributed by atoms with Gasteiger partial charge in [0.05, 0.1) is 16.3 Å². The summed E-state index contributed by atoms with van der Waals surface area (Å²) in [7, 11) is 0. The monoisotopic (exact) mass is 405 g/mol. The van der Waals surface area contributed by atoms with Crippen LogP contribution < -0.4 is 0 Å². The lowest BCUT2D eigenvalue weighted by molar-refractivity contribution is 0.0606. The van der Waals surface area contributed by atoms with Crippen LogP contribution >= 0.6 is 22.7 Å². The van der Waals surface area contributed by atoms with Gasteiger partial charge in [-0.2, -0.15) is 0 Å². The summed E-state index contributed by atoms with van der Waals surface area (Å²) in [5.74, 6) is 0.0161. The fraction of sp³-hybridized carbons (Fsp3) is 0.227. The highest BCUT2D eigenvalue weighted by molar-refractivity contribution is 7.18. The topological polar surface area (TPSA) is 46.1 Å². The number of benzene rings is 2. The third-order valence-corrected chi connectivity index (χ3v) is 7.13. The first-order valence-electron chi connectivity index (χ1n) is 9.47. The van der Waals surface area contributed by atoms with Crippen molar-refractivity contribution in [2.75, 3.05) is 6.54 Å². The molecule has 1 aliphatic heterocycles. The first kappa shape index (κ1) is 17.5. The van der Waals surface area contributed by atoms with Gasteiger partial charge in [-0.1, -0.05) is 42.5 Å². The Morgan fingerprint density at radius 1 is 1.00 bits per heavy atom. The zero-order valence-corrected chi connectivity index (χ0v) is 16.9. The van der Waals surface area contributed by atoms with Gasteiger partial charge in [-0.05, 0) is 31.4 Å². The van der Waals surface area contributed by atoms with E-state index in [-0.39, 0.29) is 11.9 Å². The summed E-state index contributed by atoms with van der Waals surface area (Å²) in [6.07, 6.45) is 3.11. The highest BCUT2D eigenvalue weighted by Crippen LogP contribution is 2.36. The summed E-state index contributed by atoms with van der Waals surface area (Å²) in [6.45, 7) is 0.762. The summed E-state index contributed by atoms with van der Waals surface area (Å²) in [5.41, 5.74) is 2.60. The van der Waals surface area contributed by atoms with Crippen LogP contribution in [0.1, 0.15) is 40.8 Å². The molecule has 0 aliphatic carbocycles. The average Bonchev–Trinajstić information content (AvgIpc) is 3.41. The molecule has 4 nitrogen and oxygen atoms in total. The third kappa shape index (κ3) is 3.23. The van der Waals surface area contributed by atoms with Crippen LogP contribution in [0.5, 0.6) is 0 Å². The minimum absolute atomic E-state index is 0.0161. The predicted octanol–water partition coefficient (Wildman–Crippen LogP) is 5.79. The van der Waals surface area contributed by atoms with Gasteiger partial charge < -0.3 is 4.90 Å². The Hall–Kier alpha value is -2.57. The van der Waals surface area contributed by atoms with E-state index < -0.39 is 0 Å². The molecule has 4 aromatic rings. The van der Waals surface area contributed by atoms with Gasteiger partial charge in [0.2, 0.25) is 0 Å². The van der Waals surface area contributed by atoms with E-state index >= 15 is 0 Å². The SMILES string of the molecule is O=C(c1csc(-c2ccccc2)n1)N1CCCC[C@H]1c1nc2ccccc2s1. The Bertz CT molecular complexity index is 1090. The molecule has 0 radical (unpaired) electrons. The number of carbonyl (C=O) groups excluding carboxylic acids is 1. The van der Waals surface area contributed by atoms with Crippen molar-refractivity contribution in [2.45, 2.75) is 25.3 Å². The van der Waals surface area contributed by atoms with Crippen molar-refractivity contribution in [1.29, 1.82) is 0 Å². The summed E-state index contributed by atoms with van der Waals surface area (Å²) in [4.78, 5) is 24.7. The summed E-state index contributed by atoms with van der Waals surface area (Å²) >= 11 is 3.22. The van der Waals surface area contributed by atoms with Crippen LogP contribution in [0.25, 0.3) is 20.8 Å². The molecule has 1 amide bonds. The molecule has 6 heteroatoms. The summed E-state index contributed by atoms with van der Waals surface area (Å²) in [5, 5.41) is 3.81. The number of hydrogen-bond acceptors (Lipinski definition) is 5. The number of thiazole rings is 2. The number of likely N-dealkylation sites (tertiary alicyclic amines) is 1. The van der Waals surface area contributed by atoms with E-state index in [0.717, 1.165) is 46.9 Å². The number of piperidine rings is 1. The fourth-order valence-corrected chi connectivity index (χ4v) is 5.61. The van der Waals surface area contributed by atoms with Crippen molar-refractivity contribution in [3.63, 3.8) is 0 Å². The predicted molar refractivity (Wildman–Crippen MR) is 115 cm³/mol. The number of carbonyl (C=O) groups is 1. The van der Waals surface area contributed by atoms with Gasteiger partial charge >= 0.3 is 0 Å². The molecule has 5 rings (SSSR count). The number of para-hydroxylation sites is 1. The lowest BCUT2D eigenvalue weighted by Gasteiger charge is -2.34. The van der Waals surface area contributed by atoms with E-state index in [4.69, 9.17) is 4.98 Å². The molecule has 0 saturated carbocycles. The van der Waals surface area contributed by atoms with Crippen molar-refractivity contribution >= 4 is 38.8 Å². The molecule has 0 bridgehead atoms. The molecule has 0 N–H and O–H groups in total. The van der Waals surface area contributed by atoms with Gasteiger partial charge in [0, 0.05) is 17.5 Å². The number of fused-ring (bicyclic) bond motifs is 1. The van der Waals surface area contributed by atoms with Crippen LogP contribution in [-0.2, 0) is 0 Å². The van der Waals surface area contributed by atoms with Crippen LogP contribution in [0.15, 0.2) is 60.0 Å². The number of nitrogens with zero attached hydrogens (tertiary/aromatic N) is 3. The zero-order valence-electron chi connectivity index (χ0n) is 15.2. The van der Waals surface area contributed by atoms with Crippen molar-refractivity contribution in [1.82, 2.24) is 14.9 Å². The first-order chi connectivity index (χ1) is 13.8. The van der Waals surface area contributed by atoms with Crippen molar-refractivity contribution in [2.24, 2.45) is 0 Å². The largest absolute Gasteiger partial charge is 0.328 e. The second-order valence-electron chi connectivity index (χ2n) is 6.93. The molecule has 2 aromatic heterocycles. The van der Waals surface area contributed by atoms with Crippen LogP contribution in [0.3, 0.4) is 0 Å². The van der Waals surface area contributed by atoms with E-state index in [1.165, 1.54) is 16.0 Å². The third-order valence-electron chi connectivity index (χ3n) is 5.10. The van der Waals surface area contributed by atoms with Crippen LogP contribution in [-0.4, -0.2) is 27.3 Å². The van der Waals surface area contributed by atoms with E-state index in [0.29, 0.717) is 5.69 Å². The molecule has 0 spiro atoms. The second-order valence-corrected chi connectivity index (χ2v) is 8.85. The molecular weight excluding hydrogens is 386 g/mol. The summed E-state index contributed by atoms with van der Waals surface area (Å²) < 4.78 is 1.18. The highest BCUT2D eigenvalue weighted by atomic mass is 32.1. The van der Waals surface area contributed by atoms with Crippen molar-refractivity contribution in [3.8, 4) is 10.6 Å². The second kappa shape index (κ2) is 7.45. The van der Waals surface area contributed by atoms with Gasteiger partial charge in [0.25, 0.3) is 5.91 Å². The molecule has 1 atom stereocenters. The first-order valence-corrected chi connectivity index (χ1v) is 11.2. The number of rotatable bonds is 3. The van der Waals surface area contributed by atoms with Crippen molar-refractivity contribution < 1.29 is 4.79 Å². The fourth-order valence-electron chi connectivity index (χ4n) is 3.70. The maximum absolute atomic E-state index is 13.3. The van der Waals surface area contributed by atoms with Crippen molar-refractivity contribution in [3.05, 3.63) is 70.7 Å². The van der Waals surface area contributed by atoms with Crippen LogP contribution in [0, 0.1) is 0 Å². The normalized spacial score (nSPS) is 17.1. The molecule has 1 aliphatic rings. The van der Waals surface area contributed by atoms with Gasteiger partial charge in [0.1, 0.15) is 15.7 Å². The Labute approximate surface area is 171 Å². The van der Waals surface area contributed by atoms with E-state index in [1.54, 1.807) is 11.3 Å². The molecule has 0 unspecified atom stereocenters. The standard InChI is InChI=1S/C22H19N3OS2/c26-22(17-14-27-20(24-17)15-8-2-1-3-9-15)25-13-7-6-11-18(25)21-23-16-10-4-5-12-19(16)28-21/h1-5,8-10,12,14,18H,6-7,11,13H2/t18-/m0/s1. The Morgan fingerprint density at radius 3 is 2.68 bits per heavy atom. The Kier molecular flexibility index (Phi) is 4.66. The van der Waals surface area contributed by atoms with Gasteiger partial charge in [-0.15, -0.1) is 22.7 Å². The Morgan fingerprint density at radius 2 is 1.82 bits per heavy atom.